The van der Waals surface area contributed by atoms with Crippen molar-refractivity contribution in [1.29, 1.82) is 0 Å². The molecule has 1 aliphatic carbocycles. The Morgan fingerprint density at radius 1 is 1.31 bits per heavy atom. The van der Waals surface area contributed by atoms with Crippen molar-refractivity contribution >= 4 is 45.7 Å². The highest BCUT2D eigenvalue weighted by atomic mass is 35.5. The van der Waals surface area contributed by atoms with E-state index in [2.05, 4.69) is 10.3 Å². The highest BCUT2D eigenvalue weighted by molar-refractivity contribution is 7.85. The smallest absolute Gasteiger partial charge is 0.355 e. The van der Waals surface area contributed by atoms with Crippen LogP contribution in [0.1, 0.15) is 42.1 Å². The molecule has 3 unspecified atom stereocenters. The average molecular weight is 552 g/mol. The Bertz CT molecular complexity index is 1180. The Kier molecular flexibility index (Phi) is 7.37. The lowest BCUT2D eigenvalue weighted by atomic mass is 9.78. The van der Waals surface area contributed by atoms with Crippen LogP contribution >= 0.6 is 23.2 Å². The van der Waals surface area contributed by atoms with Gasteiger partial charge >= 0.3 is 6.18 Å². The van der Waals surface area contributed by atoms with Crippen LogP contribution in [0.2, 0.25) is 10.0 Å². The summed E-state index contributed by atoms with van der Waals surface area (Å²) in [6, 6.07) is 5.16. The molecule has 2 heterocycles. The number of anilines is 1. The van der Waals surface area contributed by atoms with Crippen LogP contribution in [0.3, 0.4) is 0 Å². The molecule has 190 valence electrons. The molecule has 5 nitrogen and oxygen atoms in total. The van der Waals surface area contributed by atoms with E-state index in [1.807, 2.05) is 0 Å². The minimum absolute atomic E-state index is 0.0113. The van der Waals surface area contributed by atoms with E-state index in [-0.39, 0.29) is 35.7 Å². The lowest BCUT2D eigenvalue weighted by Gasteiger charge is -2.33. The number of alkyl halides is 3. The molecule has 3 atom stereocenters. The monoisotopic (exact) mass is 551 g/mol. The molecule has 1 aromatic carbocycles. The van der Waals surface area contributed by atoms with Crippen LogP contribution in [0.4, 0.5) is 23.4 Å². The number of nitrogens with zero attached hydrogens (tertiary/aromatic N) is 2. The summed E-state index contributed by atoms with van der Waals surface area (Å²) in [5.74, 6) is -1.20. The molecule has 0 bridgehead atoms. The van der Waals surface area contributed by atoms with Gasteiger partial charge in [-0.1, -0.05) is 29.3 Å². The maximum Gasteiger partial charge on any atom is 0.400 e. The van der Waals surface area contributed by atoms with Gasteiger partial charge in [-0.3, -0.25) is 9.00 Å². The fraction of sp³-hybridized carbons (Fsp3) is 0.478. The van der Waals surface area contributed by atoms with Gasteiger partial charge in [-0.25, -0.2) is 9.37 Å². The Balaban J connectivity index is 1.63. The second-order valence-electron chi connectivity index (χ2n) is 8.94. The number of aromatic nitrogens is 1. The van der Waals surface area contributed by atoms with Gasteiger partial charge in [-0.15, -0.1) is 0 Å². The highest BCUT2D eigenvalue weighted by Crippen LogP contribution is 2.50. The Morgan fingerprint density at radius 3 is 2.74 bits per heavy atom. The molecule has 35 heavy (non-hydrogen) atoms. The van der Waals surface area contributed by atoms with Crippen LogP contribution < -0.4 is 10.2 Å². The predicted octanol–water partition coefficient (Wildman–Crippen LogP) is 5.11. The molecule has 1 N–H and O–H groups in total. The third kappa shape index (κ3) is 5.15. The Hall–Kier alpha value is -1.91. The Morgan fingerprint density at radius 2 is 2.06 bits per heavy atom. The zero-order chi connectivity index (χ0) is 25.5. The second kappa shape index (κ2) is 9.86. The number of carbonyl (C=O) groups excluding carboxylic acids is 1. The molecular weight excluding hydrogens is 529 g/mol. The van der Waals surface area contributed by atoms with Gasteiger partial charge in [0.25, 0.3) is 0 Å². The summed E-state index contributed by atoms with van der Waals surface area (Å²) in [5.41, 5.74) is -1.57. The van der Waals surface area contributed by atoms with E-state index < -0.39 is 45.3 Å². The van der Waals surface area contributed by atoms with Crippen LogP contribution in [0.25, 0.3) is 0 Å². The van der Waals surface area contributed by atoms with E-state index >= 15 is 0 Å². The molecule has 1 saturated heterocycles. The van der Waals surface area contributed by atoms with Crippen molar-refractivity contribution < 1.29 is 26.6 Å². The summed E-state index contributed by atoms with van der Waals surface area (Å²) in [6.07, 6.45) is -1.64. The van der Waals surface area contributed by atoms with Gasteiger partial charge in [0, 0.05) is 46.4 Å². The highest BCUT2D eigenvalue weighted by Gasteiger charge is 2.60. The normalized spacial score (nSPS) is 23.2. The lowest BCUT2D eigenvalue weighted by molar-refractivity contribution is -0.185. The molecule has 1 aliphatic heterocycles. The van der Waals surface area contributed by atoms with E-state index in [4.69, 9.17) is 23.2 Å². The summed E-state index contributed by atoms with van der Waals surface area (Å²) in [4.78, 5) is 18.2. The van der Waals surface area contributed by atoms with E-state index in [1.54, 1.807) is 12.1 Å². The molecule has 1 fully saturated rings. The van der Waals surface area contributed by atoms with Crippen molar-refractivity contribution in [1.82, 2.24) is 10.3 Å². The minimum atomic E-state index is -4.75. The van der Waals surface area contributed by atoms with Crippen LogP contribution in [-0.2, 0) is 27.4 Å². The van der Waals surface area contributed by atoms with Crippen molar-refractivity contribution in [2.75, 3.05) is 30.0 Å². The summed E-state index contributed by atoms with van der Waals surface area (Å²) < 4.78 is 69.4. The third-order valence-corrected chi connectivity index (χ3v) is 7.75. The maximum atomic E-state index is 14.8. The number of pyridine rings is 1. The van der Waals surface area contributed by atoms with Crippen LogP contribution in [0.15, 0.2) is 24.3 Å². The number of amides is 1. The molecule has 1 aromatic heterocycles. The van der Waals surface area contributed by atoms with Gasteiger partial charge in [-0.05, 0) is 49.4 Å². The van der Waals surface area contributed by atoms with Crippen molar-refractivity contribution in [3.63, 3.8) is 0 Å². The van der Waals surface area contributed by atoms with Gasteiger partial charge in [-0.2, -0.15) is 13.2 Å². The van der Waals surface area contributed by atoms with Gasteiger partial charge in [0.05, 0.1) is 11.1 Å². The molecule has 0 saturated carbocycles. The summed E-state index contributed by atoms with van der Waals surface area (Å²) in [7, 11) is -1.27. The van der Waals surface area contributed by atoms with Crippen LogP contribution in [0.5, 0.6) is 0 Å². The number of hydrogen-bond donors (Lipinski definition) is 1. The number of rotatable bonds is 5. The molecule has 12 heteroatoms. The van der Waals surface area contributed by atoms with E-state index in [0.29, 0.717) is 24.4 Å². The largest absolute Gasteiger partial charge is 0.400 e. The van der Waals surface area contributed by atoms with Crippen molar-refractivity contribution in [2.24, 2.45) is 0 Å². The zero-order valence-electron chi connectivity index (χ0n) is 18.7. The van der Waals surface area contributed by atoms with Gasteiger partial charge in [0.15, 0.2) is 0 Å². The molecule has 1 amide bonds. The summed E-state index contributed by atoms with van der Waals surface area (Å²) in [6.45, 7) is -0.518. The van der Waals surface area contributed by atoms with Crippen molar-refractivity contribution in [3.05, 3.63) is 56.9 Å². The summed E-state index contributed by atoms with van der Waals surface area (Å²) in [5, 5.41) is 2.34. The second-order valence-corrected chi connectivity index (χ2v) is 11.2. The number of aryl methyl sites for hydroxylation is 1. The topological polar surface area (TPSA) is 62.3 Å². The minimum Gasteiger partial charge on any atom is -0.355 e. The Labute approximate surface area is 212 Å². The summed E-state index contributed by atoms with van der Waals surface area (Å²) >= 11 is 11.8. The number of nitrogens with one attached hydrogen (secondary N) is 1. The number of carbonyl (C=O) groups is 1. The number of fused-ring (bicyclic) bond motifs is 1. The maximum absolute atomic E-state index is 14.8. The van der Waals surface area contributed by atoms with Crippen LogP contribution in [-0.4, -0.2) is 46.4 Å². The number of benzene rings is 1. The molecule has 2 aliphatic rings. The quantitative estimate of drug-likeness (QED) is 0.414. The predicted molar refractivity (Wildman–Crippen MR) is 128 cm³/mol. The standard InChI is InChI=1S/C23H23Cl2F4N3O2S/c1-35(34)11-20(33)31-18-4-2-3-17-14(18)5-6-19(30-17)32-8-7-22(12-32,23(27,28)29)15-9-13(24)10-16(25)21(15)26/h5-6,9-10,18H,2-4,7-8,11-12H2,1H3,(H,31,33). The van der Waals surface area contributed by atoms with Gasteiger partial charge < -0.3 is 10.2 Å². The number of halogens is 6. The van der Waals surface area contributed by atoms with E-state index in [1.165, 1.54) is 11.2 Å². The van der Waals surface area contributed by atoms with E-state index in [0.717, 1.165) is 24.1 Å². The van der Waals surface area contributed by atoms with Crippen molar-refractivity contribution in [3.8, 4) is 0 Å². The van der Waals surface area contributed by atoms with E-state index in [9.17, 15) is 26.6 Å². The first-order chi connectivity index (χ1) is 16.4. The fourth-order valence-electron chi connectivity index (χ4n) is 4.91. The molecular formula is C23H23Cl2F4N3O2S. The first kappa shape index (κ1) is 26.2. The zero-order valence-corrected chi connectivity index (χ0v) is 21.1. The number of hydrogen-bond acceptors (Lipinski definition) is 4. The molecule has 2 aromatic rings. The lowest BCUT2D eigenvalue weighted by Crippen LogP contribution is -2.45. The molecule has 0 radical (unpaired) electrons. The van der Waals surface area contributed by atoms with Crippen LogP contribution in [0, 0.1) is 5.82 Å². The SMILES string of the molecule is CS(=O)CC(=O)NC1CCCc2nc(N3CCC(c4cc(Cl)cc(Cl)c4F)(C(F)(F)F)C3)ccc21. The van der Waals surface area contributed by atoms with Crippen molar-refractivity contribution in [2.45, 2.75) is 43.3 Å². The average Bonchev–Trinajstić information content (AvgIpc) is 3.22. The molecule has 4 rings (SSSR count). The third-order valence-electron chi connectivity index (χ3n) is 6.59. The fourth-order valence-corrected chi connectivity index (χ4v) is 5.85. The first-order valence-electron chi connectivity index (χ1n) is 11.0. The molecule has 0 spiro atoms. The first-order valence-corrected chi connectivity index (χ1v) is 13.5. The van der Waals surface area contributed by atoms with Gasteiger partial charge in [0.2, 0.25) is 5.91 Å². The van der Waals surface area contributed by atoms with Gasteiger partial charge in [0.1, 0.15) is 22.8 Å².